The van der Waals surface area contributed by atoms with Crippen molar-refractivity contribution in [3.05, 3.63) is 131 Å². The molecule has 69 heavy (non-hydrogen) atoms. The molecule has 2 aromatic heterocycles. The molecule has 0 amide bonds. The summed E-state index contributed by atoms with van der Waals surface area (Å²) < 4.78 is 136. The lowest BCUT2D eigenvalue weighted by Crippen LogP contribution is -2.56. The highest BCUT2D eigenvalue weighted by atomic mass is 35.5. The molecule has 0 saturated heterocycles. The molecule has 8 rings (SSSR count). The minimum atomic E-state index is -5.04. The molecule has 0 atom stereocenters. The van der Waals surface area contributed by atoms with Crippen LogP contribution in [-0.2, 0) is 40.5 Å². The largest absolute Gasteiger partial charge is 0.339 e. The zero-order valence-corrected chi connectivity index (χ0v) is 39.5. The number of pyridine rings is 1. The topological polar surface area (TPSA) is 342 Å². The van der Waals surface area contributed by atoms with Crippen molar-refractivity contribution in [3.8, 4) is 17.3 Å². The van der Waals surface area contributed by atoms with Crippen molar-refractivity contribution in [1.82, 2.24) is 9.97 Å². The molecule has 0 fully saturated rings. The van der Waals surface area contributed by atoms with Crippen LogP contribution < -0.4 is 15.7 Å². The van der Waals surface area contributed by atoms with Crippen LogP contribution in [0, 0.1) is 18.3 Å². The number of nitrogens with zero attached hydrogens (tertiary/aromatic N) is 6. The number of aromatic nitrogens is 2. The SMILES string of the molecule is Cc1c(C#N)c(Nc2ccc(S(=O)(=O)O)cc2)nc(Nc2ccc(S(=O)(=O)O)cc2)c1N=Nc1nc(-c2ccc3ccccc3c2)c([NH+]=Nc2cc(S(=O)(=O)O)c3cc(Cl)cc(S(=O)(=O)O)c3c2)s1. The second-order valence-electron chi connectivity index (χ2n) is 14.6. The highest BCUT2D eigenvalue weighted by Crippen LogP contribution is 2.41. The number of anilines is 4. The second kappa shape index (κ2) is 18.4. The smallest absolute Gasteiger partial charge is 0.314 e. The van der Waals surface area contributed by atoms with E-state index in [4.69, 9.17) is 16.6 Å². The first-order valence-corrected chi connectivity index (χ1v) is 26.2. The molecule has 7 N–H and O–H groups in total. The summed E-state index contributed by atoms with van der Waals surface area (Å²) in [5, 5.41) is 33.3. The van der Waals surface area contributed by atoms with Crippen LogP contribution in [0.2, 0.25) is 5.02 Å². The van der Waals surface area contributed by atoms with E-state index in [2.05, 4.69) is 42.1 Å². The van der Waals surface area contributed by atoms with Crippen LogP contribution in [0.1, 0.15) is 11.1 Å². The van der Waals surface area contributed by atoms with Gasteiger partial charge in [-0.3, -0.25) is 18.2 Å². The van der Waals surface area contributed by atoms with Crippen LogP contribution in [0.5, 0.6) is 0 Å². The minimum absolute atomic E-state index is 0.0111. The monoisotopic (exact) mass is 1050 g/mol. The first-order valence-electron chi connectivity index (χ1n) is 19.2. The number of thiazole rings is 1. The summed E-state index contributed by atoms with van der Waals surface area (Å²) in [5.74, 6) is -0.0766. The van der Waals surface area contributed by atoms with Crippen LogP contribution in [0.3, 0.4) is 0 Å². The Balaban J connectivity index is 1.26. The highest BCUT2D eigenvalue weighted by Gasteiger charge is 2.25. The summed E-state index contributed by atoms with van der Waals surface area (Å²) in [6.45, 7) is 1.54. The van der Waals surface area contributed by atoms with Gasteiger partial charge in [0, 0.05) is 38.3 Å². The normalized spacial score (nSPS) is 12.5. The van der Waals surface area contributed by atoms with Crippen molar-refractivity contribution in [2.45, 2.75) is 26.5 Å². The molecule has 0 spiro atoms. The Morgan fingerprint density at radius 1 is 0.652 bits per heavy atom. The second-order valence-corrected chi connectivity index (χ2v) is 21.6. The molecule has 0 aliphatic rings. The molecular formula is C42H29ClN9O12S5+. The van der Waals surface area contributed by atoms with E-state index in [1.165, 1.54) is 31.2 Å². The van der Waals surface area contributed by atoms with Crippen molar-refractivity contribution in [2.24, 2.45) is 15.3 Å². The molecule has 27 heteroatoms. The van der Waals surface area contributed by atoms with E-state index < -0.39 is 55.2 Å². The van der Waals surface area contributed by atoms with Gasteiger partial charge in [-0.25, -0.2) is 9.97 Å². The summed E-state index contributed by atoms with van der Waals surface area (Å²) in [6.07, 6.45) is 0. The maximum atomic E-state index is 12.6. The van der Waals surface area contributed by atoms with Gasteiger partial charge in [0.2, 0.25) is 5.13 Å². The third-order valence-electron chi connectivity index (χ3n) is 10.0. The fourth-order valence-electron chi connectivity index (χ4n) is 6.83. The van der Waals surface area contributed by atoms with Gasteiger partial charge in [-0.2, -0.15) is 38.9 Å². The Kier molecular flexibility index (Phi) is 12.9. The summed E-state index contributed by atoms with van der Waals surface area (Å²) in [5.41, 5.74) is 1.25. The van der Waals surface area contributed by atoms with E-state index in [0.717, 1.165) is 70.6 Å². The molecular weight excluding hydrogens is 1020 g/mol. The van der Waals surface area contributed by atoms with E-state index >= 15 is 0 Å². The summed E-state index contributed by atoms with van der Waals surface area (Å²) in [7, 11) is -19.1. The standard InChI is InChI=1S/C42H28ClN9O12S5/c1-22-34(21-44)39(45-27-8-12-30(13-9-27)66(53,54)55)48-40(46-28-10-14-31(15-11-28)67(56,57)58)37(22)50-52-42-47-38(25-7-6-23-4-2-3-5-24(23)16-25)41(65-42)51-49-29-19-33-32(36(20-29)69(62,63)64)17-26(43)18-35(33)68(59,60)61/h2-20H,1H3,(H2,45,46,48)(H,53,54,55)(H,56,57,58)(H,59,60,61)(H,62,63,64)/p+1. The van der Waals surface area contributed by atoms with Gasteiger partial charge in [0.05, 0.1) is 15.4 Å². The Morgan fingerprint density at radius 3 is 1.80 bits per heavy atom. The molecule has 0 bridgehead atoms. The average Bonchev–Trinajstić information content (AvgIpc) is 3.69. The van der Waals surface area contributed by atoms with Gasteiger partial charge in [-0.05, 0) is 113 Å². The Hall–Kier alpha value is -7.16. The third-order valence-corrected chi connectivity index (χ3v) is 14.6. The molecule has 6 aromatic carbocycles. The van der Waals surface area contributed by atoms with Gasteiger partial charge < -0.3 is 10.6 Å². The van der Waals surface area contributed by atoms with Gasteiger partial charge >= 0.3 is 5.00 Å². The number of rotatable bonds is 13. The summed E-state index contributed by atoms with van der Waals surface area (Å²) >= 11 is 6.97. The Bertz CT molecular complexity index is 4000. The van der Waals surface area contributed by atoms with E-state index in [1.807, 2.05) is 36.4 Å². The zero-order chi connectivity index (χ0) is 49.6. The number of nitriles is 1. The first-order chi connectivity index (χ1) is 32.5. The first kappa shape index (κ1) is 48.3. The summed E-state index contributed by atoms with van der Waals surface area (Å²) in [6, 6.07) is 28.9. The van der Waals surface area contributed by atoms with Crippen molar-refractivity contribution in [3.63, 3.8) is 0 Å². The molecule has 0 aliphatic heterocycles. The number of halogens is 1. The Morgan fingerprint density at radius 2 is 1.22 bits per heavy atom. The molecule has 8 aromatic rings. The van der Waals surface area contributed by atoms with E-state index in [0.29, 0.717) is 5.56 Å². The van der Waals surface area contributed by atoms with Crippen LogP contribution >= 0.6 is 22.9 Å². The van der Waals surface area contributed by atoms with Gasteiger partial charge in [0.1, 0.15) is 27.2 Å². The third kappa shape index (κ3) is 10.6. The number of azo groups is 2. The Labute approximate surface area is 400 Å². The lowest BCUT2D eigenvalue weighted by atomic mass is 10.1. The van der Waals surface area contributed by atoms with E-state index in [1.54, 1.807) is 6.07 Å². The van der Waals surface area contributed by atoms with Crippen LogP contribution in [0.4, 0.5) is 44.5 Å². The number of hydrogen-bond acceptors (Lipinski definition) is 17. The van der Waals surface area contributed by atoms with Crippen molar-refractivity contribution in [1.29, 1.82) is 5.26 Å². The molecule has 0 unspecified atom stereocenters. The maximum absolute atomic E-state index is 12.6. The zero-order valence-electron chi connectivity index (χ0n) is 34.6. The predicted molar refractivity (Wildman–Crippen MR) is 253 cm³/mol. The molecule has 2 heterocycles. The molecule has 0 aliphatic carbocycles. The highest BCUT2D eigenvalue weighted by molar-refractivity contribution is 7.86. The van der Waals surface area contributed by atoms with Crippen molar-refractivity contribution < 1.29 is 57.0 Å². The molecule has 0 saturated carbocycles. The fraction of sp³-hybridized carbons (Fsp3) is 0.0238. The lowest BCUT2D eigenvalue weighted by molar-refractivity contribution is -0.428. The molecule has 0 radical (unpaired) electrons. The van der Waals surface area contributed by atoms with E-state index in [9.17, 15) is 57.1 Å². The summed E-state index contributed by atoms with van der Waals surface area (Å²) in [4.78, 5) is 6.98. The van der Waals surface area contributed by atoms with E-state index in [-0.39, 0.29) is 82.0 Å². The van der Waals surface area contributed by atoms with Gasteiger partial charge in [-0.15, -0.1) is 10.2 Å². The van der Waals surface area contributed by atoms with Crippen molar-refractivity contribution in [2.75, 3.05) is 10.6 Å². The van der Waals surface area contributed by atoms with Gasteiger partial charge in [0.15, 0.2) is 17.3 Å². The minimum Gasteiger partial charge on any atom is -0.339 e. The number of hydrogen-bond donors (Lipinski definition) is 7. The molecule has 21 nitrogen and oxygen atoms in total. The van der Waals surface area contributed by atoms with Gasteiger partial charge in [0.25, 0.3) is 40.5 Å². The average molecular weight is 1050 g/mol. The number of fused-ring (bicyclic) bond motifs is 2. The molecule has 350 valence electrons. The predicted octanol–water partition coefficient (Wildman–Crippen LogP) is 8.73. The maximum Gasteiger partial charge on any atom is 0.314 e. The van der Waals surface area contributed by atoms with Crippen LogP contribution in [0.25, 0.3) is 32.8 Å². The van der Waals surface area contributed by atoms with Crippen LogP contribution in [-0.4, -0.2) is 61.9 Å². The van der Waals surface area contributed by atoms with Crippen molar-refractivity contribution >= 4 is 129 Å². The number of nitrogens with one attached hydrogen (secondary N) is 3. The fourth-order valence-corrected chi connectivity index (χ4v) is 10.3. The lowest BCUT2D eigenvalue weighted by Gasteiger charge is -2.16. The quantitative estimate of drug-likeness (QED) is 0.0419. The van der Waals surface area contributed by atoms with Gasteiger partial charge in [-0.1, -0.05) is 53.1 Å². The van der Waals surface area contributed by atoms with Crippen LogP contribution in [0.15, 0.2) is 150 Å². The number of benzene rings is 6.